The molecule has 1 aromatic rings. The first-order chi connectivity index (χ1) is 13.5. The highest BCUT2D eigenvalue weighted by molar-refractivity contribution is 9.10. The van der Waals surface area contributed by atoms with Crippen LogP contribution in [0.3, 0.4) is 0 Å². The Morgan fingerprint density at radius 3 is 2.32 bits per heavy atom. The summed E-state index contributed by atoms with van der Waals surface area (Å²) in [5, 5.41) is 0. The molecular formula is C20H30BrN5O2. The summed E-state index contributed by atoms with van der Waals surface area (Å²) in [6.45, 7) is 8.77. The van der Waals surface area contributed by atoms with Crippen molar-refractivity contribution in [3.05, 3.63) is 34.3 Å². The maximum Gasteiger partial charge on any atom is 0.241 e. The number of likely N-dealkylation sites (N-methyl/N-ethyl adjacent to an activating group) is 1. The van der Waals surface area contributed by atoms with Gasteiger partial charge in [0, 0.05) is 49.8 Å². The van der Waals surface area contributed by atoms with E-state index in [2.05, 4.69) is 43.8 Å². The number of hydrogen-bond acceptors (Lipinski definition) is 5. The van der Waals surface area contributed by atoms with Gasteiger partial charge in [0.1, 0.15) is 6.04 Å². The molecule has 2 unspecified atom stereocenters. The van der Waals surface area contributed by atoms with Crippen LogP contribution in [0.5, 0.6) is 0 Å². The van der Waals surface area contributed by atoms with Gasteiger partial charge in [0.25, 0.3) is 0 Å². The molecule has 8 heteroatoms. The number of benzene rings is 1. The maximum absolute atomic E-state index is 12.9. The topological polar surface area (TPSA) is 67.9 Å². The molecule has 2 heterocycles. The van der Waals surface area contributed by atoms with Crippen LogP contribution in [0.1, 0.15) is 31.9 Å². The highest BCUT2D eigenvalue weighted by Gasteiger charge is 2.34. The molecule has 1 aromatic carbocycles. The Kier molecular flexibility index (Phi) is 7.45. The number of nitrogens with one attached hydrogen (secondary N) is 2. The second-order valence-electron chi connectivity index (χ2n) is 7.35. The van der Waals surface area contributed by atoms with Crippen LogP contribution in [0.15, 0.2) is 28.7 Å². The summed E-state index contributed by atoms with van der Waals surface area (Å²) in [5.41, 5.74) is 7.58. The van der Waals surface area contributed by atoms with Crippen molar-refractivity contribution in [3.8, 4) is 0 Å². The van der Waals surface area contributed by atoms with Crippen molar-refractivity contribution >= 4 is 27.7 Å². The number of hydrazine groups is 1. The Morgan fingerprint density at radius 1 is 1.07 bits per heavy atom. The molecule has 0 aromatic heterocycles. The van der Waals surface area contributed by atoms with Gasteiger partial charge < -0.3 is 9.80 Å². The fourth-order valence-electron chi connectivity index (χ4n) is 3.85. The summed E-state index contributed by atoms with van der Waals surface area (Å²) in [7, 11) is 0. The quantitative estimate of drug-likeness (QED) is 0.683. The van der Waals surface area contributed by atoms with E-state index >= 15 is 0 Å². The van der Waals surface area contributed by atoms with Crippen molar-refractivity contribution in [2.45, 2.75) is 32.4 Å². The van der Waals surface area contributed by atoms with Crippen molar-refractivity contribution in [2.24, 2.45) is 0 Å². The summed E-state index contributed by atoms with van der Waals surface area (Å²) < 4.78 is 1.05. The van der Waals surface area contributed by atoms with Crippen LogP contribution in [0.25, 0.3) is 0 Å². The molecule has 154 valence electrons. The number of nitrogens with zero attached hydrogens (tertiary/aromatic N) is 3. The van der Waals surface area contributed by atoms with Crippen LogP contribution in [0.2, 0.25) is 0 Å². The minimum atomic E-state index is -0.211. The Balaban J connectivity index is 1.46. The number of piperazine rings is 1. The molecule has 7 nitrogen and oxygen atoms in total. The number of halogens is 1. The van der Waals surface area contributed by atoms with Gasteiger partial charge in [0.2, 0.25) is 11.8 Å². The van der Waals surface area contributed by atoms with Crippen LogP contribution in [-0.2, 0) is 9.59 Å². The van der Waals surface area contributed by atoms with E-state index in [1.54, 1.807) is 0 Å². The van der Waals surface area contributed by atoms with Crippen molar-refractivity contribution in [1.82, 2.24) is 25.6 Å². The average molecular weight is 452 g/mol. The smallest absolute Gasteiger partial charge is 0.241 e. The van der Waals surface area contributed by atoms with Gasteiger partial charge in [-0.2, -0.15) is 0 Å². The molecule has 2 saturated heterocycles. The van der Waals surface area contributed by atoms with E-state index < -0.39 is 0 Å². The predicted octanol–water partition coefficient (Wildman–Crippen LogP) is 1.37. The predicted molar refractivity (Wildman–Crippen MR) is 113 cm³/mol. The van der Waals surface area contributed by atoms with Gasteiger partial charge in [-0.1, -0.05) is 28.1 Å². The lowest BCUT2D eigenvalue weighted by Crippen LogP contribution is -2.55. The molecule has 2 aliphatic heterocycles. The van der Waals surface area contributed by atoms with Crippen LogP contribution >= 0.6 is 15.9 Å². The van der Waals surface area contributed by atoms with Gasteiger partial charge in [-0.25, -0.2) is 10.9 Å². The van der Waals surface area contributed by atoms with Crippen molar-refractivity contribution in [3.63, 3.8) is 0 Å². The standard InChI is InChI=1S/C20H30BrN5O2/c1-3-25(4-2)19(27)14-24-9-11-26(12-10-24)20(28)18-13-17(22-23-18)15-5-7-16(21)8-6-15/h5-8,17-18,22-23H,3-4,9-14H2,1-2H3. The number of carbonyl (C=O) groups is 2. The Morgan fingerprint density at radius 2 is 1.71 bits per heavy atom. The van der Waals surface area contributed by atoms with E-state index in [0.29, 0.717) is 19.6 Å². The summed E-state index contributed by atoms with van der Waals surface area (Å²) in [6.07, 6.45) is 0.737. The number of carbonyl (C=O) groups excluding carboxylic acids is 2. The molecule has 0 aliphatic carbocycles. The zero-order valence-corrected chi connectivity index (χ0v) is 18.2. The Bertz CT molecular complexity index is 672. The molecule has 2 N–H and O–H groups in total. The maximum atomic E-state index is 12.9. The largest absolute Gasteiger partial charge is 0.342 e. The van der Waals surface area contributed by atoms with Crippen molar-refractivity contribution in [2.75, 3.05) is 45.8 Å². The minimum absolute atomic E-state index is 0.134. The van der Waals surface area contributed by atoms with E-state index in [-0.39, 0.29) is 23.9 Å². The van der Waals surface area contributed by atoms with E-state index in [0.717, 1.165) is 37.1 Å². The molecule has 2 aliphatic rings. The van der Waals surface area contributed by atoms with Crippen LogP contribution in [0.4, 0.5) is 0 Å². The third kappa shape index (κ3) is 5.11. The molecule has 0 spiro atoms. The SMILES string of the molecule is CCN(CC)C(=O)CN1CCN(C(=O)C2CC(c3ccc(Br)cc3)NN2)CC1. The fourth-order valence-corrected chi connectivity index (χ4v) is 4.11. The molecule has 3 rings (SSSR count). The Hall–Kier alpha value is -1.48. The summed E-state index contributed by atoms with van der Waals surface area (Å²) in [4.78, 5) is 31.1. The van der Waals surface area contributed by atoms with E-state index in [9.17, 15) is 9.59 Å². The summed E-state index contributed by atoms with van der Waals surface area (Å²) in [5.74, 6) is 0.311. The Labute approximate surface area is 175 Å². The number of amides is 2. The van der Waals surface area contributed by atoms with E-state index in [4.69, 9.17) is 0 Å². The lowest BCUT2D eigenvalue weighted by atomic mass is 10.0. The monoisotopic (exact) mass is 451 g/mol. The number of rotatable bonds is 6. The van der Waals surface area contributed by atoms with Gasteiger partial charge in [-0.3, -0.25) is 14.5 Å². The zero-order valence-electron chi connectivity index (χ0n) is 16.7. The highest BCUT2D eigenvalue weighted by atomic mass is 79.9. The third-order valence-corrected chi connectivity index (χ3v) is 6.16. The minimum Gasteiger partial charge on any atom is -0.342 e. The van der Waals surface area contributed by atoms with E-state index in [1.165, 1.54) is 5.56 Å². The average Bonchev–Trinajstić information content (AvgIpc) is 3.20. The first-order valence-corrected chi connectivity index (χ1v) is 10.9. The normalized spacial score (nSPS) is 23.0. The van der Waals surface area contributed by atoms with Crippen molar-refractivity contribution in [1.29, 1.82) is 0 Å². The second kappa shape index (κ2) is 9.82. The summed E-state index contributed by atoms with van der Waals surface area (Å²) in [6, 6.07) is 8.10. The molecule has 2 atom stereocenters. The third-order valence-electron chi connectivity index (χ3n) is 5.63. The molecule has 2 amide bonds. The molecule has 28 heavy (non-hydrogen) atoms. The van der Waals surface area contributed by atoms with Gasteiger partial charge in [-0.05, 0) is 38.0 Å². The van der Waals surface area contributed by atoms with Gasteiger partial charge in [-0.15, -0.1) is 0 Å². The second-order valence-corrected chi connectivity index (χ2v) is 8.26. The summed E-state index contributed by atoms with van der Waals surface area (Å²) >= 11 is 3.45. The zero-order chi connectivity index (χ0) is 20.1. The molecule has 0 bridgehead atoms. The first kappa shape index (κ1) is 21.2. The van der Waals surface area contributed by atoms with Gasteiger partial charge in [0.05, 0.1) is 6.54 Å². The molecule has 0 saturated carbocycles. The lowest BCUT2D eigenvalue weighted by molar-refractivity contribution is -0.136. The molecule has 2 fully saturated rings. The van der Waals surface area contributed by atoms with Crippen molar-refractivity contribution < 1.29 is 9.59 Å². The number of hydrogen-bond donors (Lipinski definition) is 2. The van der Waals surface area contributed by atoms with Gasteiger partial charge >= 0.3 is 0 Å². The fraction of sp³-hybridized carbons (Fsp3) is 0.600. The van der Waals surface area contributed by atoms with Crippen LogP contribution < -0.4 is 10.9 Å². The lowest BCUT2D eigenvalue weighted by Gasteiger charge is -2.36. The van der Waals surface area contributed by atoms with Crippen LogP contribution in [0, 0.1) is 0 Å². The molecule has 0 radical (unpaired) electrons. The van der Waals surface area contributed by atoms with E-state index in [1.807, 2.05) is 35.8 Å². The van der Waals surface area contributed by atoms with Gasteiger partial charge in [0.15, 0.2) is 0 Å². The van der Waals surface area contributed by atoms with Crippen LogP contribution in [-0.4, -0.2) is 78.4 Å². The molecular weight excluding hydrogens is 422 g/mol. The highest BCUT2D eigenvalue weighted by Crippen LogP contribution is 2.24. The first-order valence-electron chi connectivity index (χ1n) is 10.1.